The molecule has 0 unspecified atom stereocenters. The fraction of sp³-hybridized carbons (Fsp3) is 0.312. The maximum Gasteiger partial charge on any atom is 0.335 e. The average molecular weight is 302 g/mol. The van der Waals surface area contributed by atoms with Crippen LogP contribution in [0, 0.1) is 20.8 Å². The Hall–Kier alpha value is -2.47. The van der Waals surface area contributed by atoms with E-state index in [-0.39, 0.29) is 18.8 Å². The number of aryl methyl sites for hydroxylation is 3. The van der Waals surface area contributed by atoms with Crippen LogP contribution in [-0.4, -0.2) is 26.2 Å². The van der Waals surface area contributed by atoms with Gasteiger partial charge in [-0.3, -0.25) is 9.97 Å². The molecule has 0 radical (unpaired) electrons. The molecule has 0 aliphatic rings. The summed E-state index contributed by atoms with van der Waals surface area (Å²) in [4.78, 5) is 19.8. The maximum absolute atomic E-state index is 10.9. The zero-order chi connectivity index (χ0) is 16.3. The first-order valence-corrected chi connectivity index (χ1v) is 6.83. The number of aliphatic hydroxyl groups is 1. The summed E-state index contributed by atoms with van der Waals surface area (Å²) in [5, 5.41) is 18.3. The molecule has 6 heteroatoms. The van der Waals surface area contributed by atoms with E-state index in [4.69, 9.17) is 9.84 Å². The molecule has 0 bridgehead atoms. The van der Waals surface area contributed by atoms with Crippen molar-refractivity contribution in [3.8, 4) is 5.75 Å². The zero-order valence-corrected chi connectivity index (χ0v) is 12.8. The second-order valence-electron chi connectivity index (χ2n) is 5.00. The number of aromatic carboxylic acids is 1. The Kier molecular flexibility index (Phi) is 4.72. The fourth-order valence-corrected chi connectivity index (χ4v) is 2.02. The summed E-state index contributed by atoms with van der Waals surface area (Å²) in [6.07, 6.45) is 0. The summed E-state index contributed by atoms with van der Waals surface area (Å²) in [6.45, 7) is 5.55. The Morgan fingerprint density at radius 2 is 1.82 bits per heavy atom. The molecule has 0 fully saturated rings. The molecule has 2 rings (SSSR count). The van der Waals surface area contributed by atoms with Crippen LogP contribution in [0.15, 0.2) is 18.2 Å². The van der Waals surface area contributed by atoms with Crippen LogP contribution < -0.4 is 4.74 Å². The standard InChI is InChI=1S/C16H18N2O4/c1-9-10(2)18-14(11(3)17-9)8-22-15-5-4-12(16(20)21)6-13(15)7-19/h4-6,19H,7-8H2,1-3H3,(H,20,21). The van der Waals surface area contributed by atoms with Gasteiger partial charge in [0.1, 0.15) is 12.4 Å². The van der Waals surface area contributed by atoms with Crippen molar-refractivity contribution in [1.29, 1.82) is 0 Å². The predicted molar refractivity (Wildman–Crippen MR) is 79.9 cm³/mol. The van der Waals surface area contributed by atoms with E-state index < -0.39 is 5.97 Å². The molecule has 6 nitrogen and oxygen atoms in total. The minimum atomic E-state index is -1.04. The summed E-state index contributed by atoms with van der Waals surface area (Å²) in [6, 6.07) is 4.38. The maximum atomic E-state index is 10.9. The van der Waals surface area contributed by atoms with Gasteiger partial charge >= 0.3 is 5.97 Å². The van der Waals surface area contributed by atoms with Gasteiger partial charge in [-0.25, -0.2) is 4.79 Å². The number of aromatic nitrogens is 2. The Morgan fingerprint density at radius 1 is 1.14 bits per heavy atom. The monoisotopic (exact) mass is 302 g/mol. The molecule has 0 aliphatic heterocycles. The van der Waals surface area contributed by atoms with E-state index in [1.54, 1.807) is 6.07 Å². The van der Waals surface area contributed by atoms with Gasteiger partial charge in [0, 0.05) is 5.56 Å². The Morgan fingerprint density at radius 3 is 2.45 bits per heavy atom. The van der Waals surface area contributed by atoms with E-state index in [1.165, 1.54) is 12.1 Å². The van der Waals surface area contributed by atoms with Crippen LogP contribution in [0.25, 0.3) is 0 Å². The number of ether oxygens (including phenoxy) is 1. The number of carbonyl (C=O) groups is 1. The van der Waals surface area contributed by atoms with Crippen molar-refractivity contribution in [1.82, 2.24) is 9.97 Å². The number of carboxylic acid groups (broad SMARTS) is 1. The van der Waals surface area contributed by atoms with E-state index in [0.717, 1.165) is 17.1 Å². The highest BCUT2D eigenvalue weighted by Gasteiger charge is 2.11. The SMILES string of the molecule is Cc1nc(C)c(COc2ccc(C(=O)O)cc2CO)nc1C. The molecule has 0 amide bonds. The molecule has 2 N–H and O–H groups in total. The van der Waals surface area contributed by atoms with Crippen LogP contribution in [-0.2, 0) is 13.2 Å². The predicted octanol–water partition coefficient (Wildman–Crippen LogP) is 2.17. The highest BCUT2D eigenvalue weighted by molar-refractivity contribution is 5.88. The van der Waals surface area contributed by atoms with Crippen LogP contribution in [0.2, 0.25) is 0 Å². The molecule has 1 aromatic heterocycles. The quantitative estimate of drug-likeness (QED) is 0.879. The molecule has 22 heavy (non-hydrogen) atoms. The van der Waals surface area contributed by atoms with Crippen LogP contribution in [0.4, 0.5) is 0 Å². The third-order valence-corrected chi connectivity index (χ3v) is 3.42. The lowest BCUT2D eigenvalue weighted by atomic mass is 10.1. The first kappa shape index (κ1) is 15.9. The van der Waals surface area contributed by atoms with Crippen LogP contribution >= 0.6 is 0 Å². The van der Waals surface area contributed by atoms with Gasteiger partial charge in [0.15, 0.2) is 0 Å². The Labute approximate surface area is 128 Å². The number of rotatable bonds is 5. The van der Waals surface area contributed by atoms with Crippen LogP contribution in [0.1, 0.15) is 38.7 Å². The van der Waals surface area contributed by atoms with Crippen LogP contribution in [0.3, 0.4) is 0 Å². The van der Waals surface area contributed by atoms with Crippen molar-refractivity contribution in [3.63, 3.8) is 0 Å². The number of nitrogens with zero attached hydrogens (tertiary/aromatic N) is 2. The largest absolute Gasteiger partial charge is 0.487 e. The van der Waals surface area contributed by atoms with Gasteiger partial charge in [-0.05, 0) is 39.0 Å². The van der Waals surface area contributed by atoms with E-state index in [9.17, 15) is 9.90 Å². The van der Waals surface area contributed by atoms with Crippen molar-refractivity contribution in [2.45, 2.75) is 34.0 Å². The second-order valence-corrected chi connectivity index (χ2v) is 5.00. The molecule has 116 valence electrons. The smallest absolute Gasteiger partial charge is 0.335 e. The first-order valence-electron chi connectivity index (χ1n) is 6.83. The molecule has 0 atom stereocenters. The summed E-state index contributed by atoms with van der Waals surface area (Å²) in [5.41, 5.74) is 3.76. The molecule has 2 aromatic rings. The highest BCUT2D eigenvalue weighted by atomic mass is 16.5. The van der Waals surface area contributed by atoms with E-state index in [2.05, 4.69) is 9.97 Å². The molecule has 1 heterocycles. The molecule has 0 saturated heterocycles. The first-order chi connectivity index (χ1) is 10.4. The van der Waals surface area contributed by atoms with Gasteiger partial charge in [-0.1, -0.05) is 0 Å². The summed E-state index contributed by atoms with van der Waals surface area (Å²) in [7, 11) is 0. The lowest BCUT2D eigenvalue weighted by Gasteiger charge is -2.12. The van der Waals surface area contributed by atoms with Crippen molar-refractivity contribution < 1.29 is 19.7 Å². The molecule has 0 spiro atoms. The van der Waals surface area contributed by atoms with Crippen molar-refractivity contribution in [2.75, 3.05) is 0 Å². The molecular formula is C16H18N2O4. The van der Waals surface area contributed by atoms with Gasteiger partial charge in [-0.2, -0.15) is 0 Å². The number of aliphatic hydroxyl groups excluding tert-OH is 1. The number of hydrogen-bond acceptors (Lipinski definition) is 5. The number of hydrogen-bond donors (Lipinski definition) is 2. The third kappa shape index (κ3) is 3.40. The summed E-state index contributed by atoms with van der Waals surface area (Å²) >= 11 is 0. The van der Waals surface area contributed by atoms with Crippen LogP contribution in [0.5, 0.6) is 5.75 Å². The molecule has 0 aliphatic carbocycles. The fourth-order valence-electron chi connectivity index (χ4n) is 2.02. The van der Waals surface area contributed by atoms with Gasteiger partial charge < -0.3 is 14.9 Å². The molecular weight excluding hydrogens is 284 g/mol. The van der Waals surface area contributed by atoms with E-state index in [1.807, 2.05) is 20.8 Å². The highest BCUT2D eigenvalue weighted by Crippen LogP contribution is 2.22. The zero-order valence-electron chi connectivity index (χ0n) is 12.8. The molecule has 0 saturated carbocycles. The topological polar surface area (TPSA) is 92.5 Å². The minimum absolute atomic E-state index is 0.110. The van der Waals surface area contributed by atoms with Gasteiger partial charge in [0.25, 0.3) is 0 Å². The van der Waals surface area contributed by atoms with Gasteiger partial charge in [-0.15, -0.1) is 0 Å². The lowest BCUT2D eigenvalue weighted by Crippen LogP contribution is -2.07. The van der Waals surface area contributed by atoms with Gasteiger partial charge in [0.05, 0.1) is 34.9 Å². The minimum Gasteiger partial charge on any atom is -0.487 e. The second kappa shape index (κ2) is 6.53. The third-order valence-electron chi connectivity index (χ3n) is 3.42. The van der Waals surface area contributed by atoms with E-state index in [0.29, 0.717) is 17.0 Å². The van der Waals surface area contributed by atoms with E-state index >= 15 is 0 Å². The molecule has 1 aromatic carbocycles. The van der Waals surface area contributed by atoms with Gasteiger partial charge in [0.2, 0.25) is 0 Å². The summed E-state index contributed by atoms with van der Waals surface area (Å²) in [5.74, 6) is -0.607. The lowest BCUT2D eigenvalue weighted by molar-refractivity contribution is 0.0696. The number of benzene rings is 1. The van der Waals surface area contributed by atoms with Crippen molar-refractivity contribution >= 4 is 5.97 Å². The Bertz CT molecular complexity index is 714. The van der Waals surface area contributed by atoms with Crippen molar-refractivity contribution in [2.24, 2.45) is 0 Å². The number of carboxylic acids is 1. The van der Waals surface area contributed by atoms with Crippen molar-refractivity contribution in [3.05, 3.63) is 52.1 Å². The normalized spacial score (nSPS) is 10.5. The summed E-state index contributed by atoms with van der Waals surface area (Å²) < 4.78 is 5.67. The average Bonchev–Trinajstić information content (AvgIpc) is 2.49. The Balaban J connectivity index is 2.21.